The van der Waals surface area contributed by atoms with Crippen molar-refractivity contribution < 1.29 is 0 Å². The highest BCUT2D eigenvalue weighted by molar-refractivity contribution is 6.64. The first kappa shape index (κ1) is 34.2. The molecule has 2 N–H and O–H groups in total. The van der Waals surface area contributed by atoms with Gasteiger partial charge in [0.25, 0.3) is 0 Å². The quantitative estimate of drug-likeness (QED) is 0.177. The fourth-order valence-electron chi connectivity index (χ4n) is 8.42. The predicted molar refractivity (Wildman–Crippen MR) is 242 cm³/mol. The number of fused-ring (bicyclic) bond motifs is 6. The summed E-state index contributed by atoms with van der Waals surface area (Å²) < 4.78 is 2.32. The van der Waals surface area contributed by atoms with Crippen molar-refractivity contribution in [2.75, 3.05) is 0 Å². The van der Waals surface area contributed by atoms with E-state index in [1.165, 1.54) is 21.8 Å². The summed E-state index contributed by atoms with van der Waals surface area (Å²) in [5.41, 5.74) is 13.9. The van der Waals surface area contributed by atoms with Crippen molar-refractivity contribution in [2.45, 2.75) is 0 Å². The van der Waals surface area contributed by atoms with E-state index in [4.69, 9.17) is 15.0 Å². The molecule has 3 heterocycles. The van der Waals surface area contributed by atoms with Gasteiger partial charge < -0.3 is 4.57 Å². The predicted octanol–water partition coefficient (Wildman–Crippen LogP) is 12.7. The molecule has 3 aromatic heterocycles. The first-order valence-electron chi connectivity index (χ1n) is 19.6. The molecule has 10 aromatic rings. The van der Waals surface area contributed by atoms with Gasteiger partial charge in [-0.1, -0.05) is 152 Å². The minimum Gasteiger partial charge on any atom is -0.309 e. The number of rotatable bonds is 6. The molecule has 0 unspecified atom stereocenters. The number of hydrogen-bond acceptors (Lipinski definition) is 5. The molecule has 7 aromatic carbocycles. The third-order valence-corrected chi connectivity index (χ3v) is 11.3. The molecule has 6 nitrogen and oxygen atoms in total. The molecular formula is C53H34N6. The summed E-state index contributed by atoms with van der Waals surface area (Å²) in [4.78, 5) is 15.3. The standard InChI is InChI=1S/C53H34N6/c54-50-42(31-43-49(51(50)55)41-19-7-10-20-44(41)56-52(43)36-13-3-1-4-14-36)33-23-25-34(26-24-33)45-32-46(58-53(57-45)37-15-5-2-6-16-37)35-27-29-38(30-28-35)59-47-21-11-8-17-39(47)40-18-9-12-22-48(40)59/h1-32,54-55H. The zero-order valence-electron chi connectivity index (χ0n) is 31.8. The Hall–Kier alpha value is -8.09. The zero-order chi connectivity index (χ0) is 39.5. The molecule has 0 aliphatic heterocycles. The lowest BCUT2D eigenvalue weighted by Crippen LogP contribution is -2.21. The van der Waals surface area contributed by atoms with Crippen LogP contribution in [0.1, 0.15) is 16.7 Å². The van der Waals surface area contributed by atoms with Gasteiger partial charge in [-0.2, -0.15) is 0 Å². The maximum absolute atomic E-state index is 9.30. The van der Waals surface area contributed by atoms with Gasteiger partial charge in [0.2, 0.25) is 0 Å². The molecule has 0 spiro atoms. The van der Waals surface area contributed by atoms with Crippen LogP contribution in [0.15, 0.2) is 188 Å². The lowest BCUT2D eigenvalue weighted by atomic mass is 9.82. The first-order valence-corrected chi connectivity index (χ1v) is 19.6. The minimum absolute atomic E-state index is 0.181. The highest BCUT2D eigenvalue weighted by Gasteiger charge is 2.28. The van der Waals surface area contributed by atoms with Crippen LogP contribution < -0.4 is 0 Å². The van der Waals surface area contributed by atoms with E-state index in [1.54, 1.807) is 0 Å². The van der Waals surface area contributed by atoms with Crippen molar-refractivity contribution in [3.8, 4) is 50.8 Å². The lowest BCUT2D eigenvalue weighted by molar-refractivity contribution is 1.17. The zero-order valence-corrected chi connectivity index (χ0v) is 31.8. The Labute approximate surface area is 340 Å². The highest BCUT2D eigenvalue weighted by Crippen LogP contribution is 2.39. The van der Waals surface area contributed by atoms with E-state index in [-0.39, 0.29) is 11.4 Å². The molecule has 0 bridgehead atoms. The monoisotopic (exact) mass is 754 g/mol. The Morgan fingerprint density at radius 2 is 0.915 bits per heavy atom. The molecule has 0 amide bonds. The molecule has 6 heteroatoms. The molecule has 276 valence electrons. The summed E-state index contributed by atoms with van der Waals surface area (Å²) in [7, 11) is 0. The molecule has 0 atom stereocenters. The summed E-state index contributed by atoms with van der Waals surface area (Å²) >= 11 is 0. The van der Waals surface area contributed by atoms with Crippen molar-refractivity contribution in [3.63, 3.8) is 0 Å². The molecular weight excluding hydrogens is 721 g/mol. The van der Waals surface area contributed by atoms with E-state index in [2.05, 4.69) is 77.4 Å². The third kappa shape index (κ3) is 5.77. The maximum atomic E-state index is 9.30. The Morgan fingerprint density at radius 1 is 0.407 bits per heavy atom. The smallest absolute Gasteiger partial charge is 0.160 e. The van der Waals surface area contributed by atoms with Gasteiger partial charge in [0, 0.05) is 60.8 Å². The van der Waals surface area contributed by atoms with Crippen LogP contribution in [0.3, 0.4) is 0 Å². The van der Waals surface area contributed by atoms with Crippen LogP contribution in [0.2, 0.25) is 0 Å². The summed E-state index contributed by atoms with van der Waals surface area (Å²) in [5, 5.41) is 21.9. The van der Waals surface area contributed by atoms with Gasteiger partial charge in [0.05, 0.1) is 45.1 Å². The number of pyridine rings is 1. The van der Waals surface area contributed by atoms with Gasteiger partial charge in [-0.3, -0.25) is 10.8 Å². The third-order valence-electron chi connectivity index (χ3n) is 11.3. The van der Waals surface area contributed by atoms with Crippen LogP contribution in [0, 0.1) is 10.8 Å². The summed E-state index contributed by atoms with van der Waals surface area (Å²) in [5.74, 6) is 0.642. The first-order chi connectivity index (χ1) is 29.1. The van der Waals surface area contributed by atoms with E-state index < -0.39 is 0 Å². The number of hydrogen-bond donors (Lipinski definition) is 2. The summed E-state index contributed by atoms with van der Waals surface area (Å²) in [6.45, 7) is 0. The largest absolute Gasteiger partial charge is 0.309 e. The van der Waals surface area contributed by atoms with Gasteiger partial charge in [-0.15, -0.1) is 0 Å². The average Bonchev–Trinajstić information content (AvgIpc) is 3.64. The molecule has 1 aliphatic carbocycles. The fourth-order valence-corrected chi connectivity index (χ4v) is 8.42. The Balaban J connectivity index is 0.993. The molecule has 1 aliphatic rings. The van der Waals surface area contributed by atoms with Crippen molar-refractivity contribution in [2.24, 2.45) is 0 Å². The van der Waals surface area contributed by atoms with Crippen LogP contribution in [-0.4, -0.2) is 30.9 Å². The summed E-state index contributed by atoms with van der Waals surface area (Å²) in [6, 6.07) is 63.9. The van der Waals surface area contributed by atoms with Crippen molar-refractivity contribution >= 4 is 55.8 Å². The minimum atomic E-state index is 0.181. The van der Waals surface area contributed by atoms with Crippen molar-refractivity contribution in [1.82, 2.24) is 19.5 Å². The van der Waals surface area contributed by atoms with Gasteiger partial charge in [-0.05, 0) is 48.0 Å². The SMILES string of the molecule is N=C1C(=N)c2c(c(-c3ccccc3)nc3ccccc23)C=C1c1ccc(-c2cc(-c3ccc(-n4c5ccccc5c5ccccc54)cc3)nc(-c3ccccc3)n2)cc1. The molecule has 59 heavy (non-hydrogen) atoms. The Kier molecular flexibility index (Phi) is 8.01. The highest BCUT2D eigenvalue weighted by atomic mass is 15.0. The molecule has 0 fully saturated rings. The second kappa shape index (κ2) is 13.8. The van der Waals surface area contributed by atoms with E-state index in [9.17, 15) is 10.8 Å². The van der Waals surface area contributed by atoms with E-state index in [0.717, 1.165) is 72.6 Å². The number of benzene rings is 7. The van der Waals surface area contributed by atoms with E-state index in [1.807, 2.05) is 121 Å². The maximum Gasteiger partial charge on any atom is 0.160 e. The normalized spacial score (nSPS) is 12.6. The van der Waals surface area contributed by atoms with Crippen LogP contribution in [0.4, 0.5) is 0 Å². The summed E-state index contributed by atoms with van der Waals surface area (Å²) in [6.07, 6.45) is 2.03. The van der Waals surface area contributed by atoms with Crippen LogP contribution >= 0.6 is 0 Å². The second-order valence-corrected chi connectivity index (χ2v) is 14.8. The van der Waals surface area contributed by atoms with Gasteiger partial charge in [0.1, 0.15) is 0 Å². The van der Waals surface area contributed by atoms with Gasteiger partial charge in [-0.25, -0.2) is 15.0 Å². The molecule has 0 radical (unpaired) electrons. The number of nitrogens with zero attached hydrogens (tertiary/aromatic N) is 4. The van der Waals surface area contributed by atoms with Crippen LogP contribution in [0.25, 0.3) is 95.2 Å². The second-order valence-electron chi connectivity index (χ2n) is 14.8. The number of allylic oxidation sites excluding steroid dienone is 1. The van der Waals surface area contributed by atoms with E-state index in [0.29, 0.717) is 11.4 Å². The fraction of sp³-hybridized carbons (Fsp3) is 0. The molecule has 0 saturated carbocycles. The number of aromatic nitrogens is 4. The number of para-hydroxylation sites is 3. The van der Waals surface area contributed by atoms with E-state index >= 15 is 0 Å². The topological polar surface area (TPSA) is 91.3 Å². The van der Waals surface area contributed by atoms with Crippen LogP contribution in [0.5, 0.6) is 0 Å². The van der Waals surface area contributed by atoms with Gasteiger partial charge >= 0.3 is 0 Å². The van der Waals surface area contributed by atoms with Crippen molar-refractivity contribution in [3.05, 3.63) is 205 Å². The molecule has 11 rings (SSSR count). The van der Waals surface area contributed by atoms with Gasteiger partial charge in [0.15, 0.2) is 5.82 Å². The average molecular weight is 755 g/mol. The molecule has 0 saturated heterocycles. The Morgan fingerprint density at radius 3 is 1.54 bits per heavy atom. The van der Waals surface area contributed by atoms with Crippen molar-refractivity contribution in [1.29, 1.82) is 10.8 Å². The number of nitrogens with one attached hydrogen (secondary N) is 2. The van der Waals surface area contributed by atoms with Crippen LogP contribution in [-0.2, 0) is 0 Å². The Bertz CT molecular complexity index is 3270. The lowest BCUT2D eigenvalue weighted by Gasteiger charge is -2.23.